The molecule has 0 bridgehead atoms. The lowest BCUT2D eigenvalue weighted by Gasteiger charge is -2.13. The van der Waals surface area contributed by atoms with Crippen LogP contribution in [0.5, 0.6) is 0 Å². The number of ketones is 1. The smallest absolute Gasteiger partial charge is 0.289 e. The van der Waals surface area contributed by atoms with Crippen molar-refractivity contribution in [2.45, 2.75) is 12.4 Å². The van der Waals surface area contributed by atoms with Crippen molar-refractivity contribution in [3.63, 3.8) is 0 Å². The lowest BCUT2D eigenvalue weighted by molar-refractivity contribution is -0.143. The Morgan fingerprint density at radius 3 is 1.82 bits per heavy atom. The first-order valence-electron chi connectivity index (χ1n) is 5.83. The van der Waals surface area contributed by atoms with Crippen molar-refractivity contribution in [3.8, 4) is 0 Å². The van der Waals surface area contributed by atoms with Gasteiger partial charge in [0.15, 0.2) is 5.78 Å². The number of pyridine rings is 1. The summed E-state index contributed by atoms with van der Waals surface area (Å²) in [6.45, 7) is 0. The fourth-order valence-electron chi connectivity index (χ4n) is 1.75. The van der Waals surface area contributed by atoms with Crippen LogP contribution in [0.3, 0.4) is 0 Å². The molecule has 8 heteroatoms. The van der Waals surface area contributed by atoms with Crippen molar-refractivity contribution in [3.05, 3.63) is 65.0 Å². The third kappa shape index (κ3) is 3.44. The zero-order valence-corrected chi connectivity index (χ0v) is 10.7. The zero-order valence-electron chi connectivity index (χ0n) is 10.7. The molecule has 0 unspecified atom stereocenters. The van der Waals surface area contributed by atoms with Gasteiger partial charge in [-0.25, -0.2) is 0 Å². The van der Waals surface area contributed by atoms with Gasteiger partial charge in [-0.05, 0) is 30.3 Å². The van der Waals surface area contributed by atoms with E-state index < -0.39 is 34.8 Å². The quantitative estimate of drug-likeness (QED) is 0.608. The third-order valence-electron chi connectivity index (χ3n) is 2.77. The van der Waals surface area contributed by atoms with Crippen molar-refractivity contribution >= 4 is 5.78 Å². The highest BCUT2D eigenvalue weighted by molar-refractivity contribution is 6.09. The van der Waals surface area contributed by atoms with Gasteiger partial charge in [0.2, 0.25) is 0 Å². The van der Waals surface area contributed by atoms with Crippen LogP contribution in [0, 0.1) is 0 Å². The van der Waals surface area contributed by atoms with Crippen molar-refractivity contribution in [2.75, 3.05) is 0 Å². The van der Waals surface area contributed by atoms with E-state index in [0.29, 0.717) is 12.1 Å². The number of carbonyl (C=O) groups is 1. The summed E-state index contributed by atoms with van der Waals surface area (Å²) >= 11 is 0. The molecule has 1 aromatic carbocycles. The fraction of sp³-hybridized carbons (Fsp3) is 0.143. The number of hydrogen-bond acceptors (Lipinski definition) is 2. The average molecular weight is 319 g/mol. The van der Waals surface area contributed by atoms with E-state index in [2.05, 4.69) is 4.98 Å². The topological polar surface area (TPSA) is 30.0 Å². The van der Waals surface area contributed by atoms with Gasteiger partial charge in [-0.1, -0.05) is 0 Å². The predicted octanol–water partition coefficient (Wildman–Crippen LogP) is 4.35. The minimum atomic E-state index is -4.99. The van der Waals surface area contributed by atoms with E-state index in [0.717, 1.165) is 6.20 Å². The Morgan fingerprint density at radius 2 is 1.41 bits per heavy atom. The molecule has 0 saturated heterocycles. The second kappa shape index (κ2) is 5.43. The van der Waals surface area contributed by atoms with Gasteiger partial charge in [-0.15, -0.1) is 0 Å². The highest BCUT2D eigenvalue weighted by Crippen LogP contribution is 2.36. The molecule has 0 N–H and O–H groups in total. The summed E-state index contributed by atoms with van der Waals surface area (Å²) in [5.74, 6) is -0.968. The van der Waals surface area contributed by atoms with Crippen LogP contribution in [-0.4, -0.2) is 10.8 Å². The minimum absolute atomic E-state index is 0.0278. The summed E-state index contributed by atoms with van der Waals surface area (Å²) in [6, 6.07) is 3.36. The van der Waals surface area contributed by atoms with Gasteiger partial charge in [-0.2, -0.15) is 26.3 Å². The number of nitrogens with zero attached hydrogens (tertiary/aromatic N) is 1. The van der Waals surface area contributed by atoms with Crippen LogP contribution in [0.15, 0.2) is 42.7 Å². The van der Waals surface area contributed by atoms with E-state index in [-0.39, 0.29) is 11.6 Å². The molecule has 0 radical (unpaired) electrons. The Hall–Kier alpha value is -2.38. The SMILES string of the molecule is O=C(c1cccnc1)c1cc(C(F)(F)F)cc(C(F)(F)F)c1. The number of alkyl halides is 6. The van der Waals surface area contributed by atoms with Gasteiger partial charge in [0.05, 0.1) is 11.1 Å². The van der Waals surface area contributed by atoms with Gasteiger partial charge >= 0.3 is 12.4 Å². The standard InChI is InChI=1S/C14H7F6NO/c15-13(16,17)10-4-9(5-11(6-10)14(18,19)20)12(22)8-2-1-3-21-7-8/h1-7H. The molecule has 0 fully saturated rings. The lowest BCUT2D eigenvalue weighted by Crippen LogP contribution is -2.14. The normalized spacial score (nSPS) is 12.3. The number of halogens is 6. The van der Waals surface area contributed by atoms with Crippen molar-refractivity contribution in [2.24, 2.45) is 0 Å². The number of rotatable bonds is 2. The first-order chi connectivity index (χ1) is 10.1. The van der Waals surface area contributed by atoms with Crippen LogP contribution >= 0.6 is 0 Å². The molecule has 1 heterocycles. The minimum Gasteiger partial charge on any atom is -0.289 e. The molecule has 116 valence electrons. The van der Waals surface area contributed by atoms with Crippen molar-refractivity contribution in [1.82, 2.24) is 4.98 Å². The summed E-state index contributed by atoms with van der Waals surface area (Å²) in [7, 11) is 0. The number of carbonyl (C=O) groups excluding carboxylic acids is 1. The zero-order chi connectivity index (χ0) is 16.5. The second-order valence-electron chi connectivity index (χ2n) is 4.37. The summed E-state index contributed by atoms with van der Waals surface area (Å²) < 4.78 is 76.3. The lowest BCUT2D eigenvalue weighted by atomic mass is 9.99. The molecule has 0 atom stereocenters. The molecular weight excluding hydrogens is 312 g/mol. The Bertz CT molecular complexity index is 658. The molecule has 22 heavy (non-hydrogen) atoms. The van der Waals surface area contributed by atoms with Crippen LogP contribution in [-0.2, 0) is 12.4 Å². The van der Waals surface area contributed by atoms with Gasteiger partial charge in [0, 0.05) is 23.5 Å². The molecule has 2 aromatic rings. The maximum Gasteiger partial charge on any atom is 0.416 e. The second-order valence-corrected chi connectivity index (χ2v) is 4.37. The van der Waals surface area contributed by atoms with Crippen LogP contribution in [0.2, 0.25) is 0 Å². The van der Waals surface area contributed by atoms with Crippen molar-refractivity contribution < 1.29 is 31.1 Å². The summed E-state index contributed by atoms with van der Waals surface area (Å²) in [5, 5.41) is 0. The molecule has 2 nitrogen and oxygen atoms in total. The van der Waals surface area contributed by atoms with Crippen LogP contribution in [0.1, 0.15) is 27.0 Å². The Balaban J connectivity index is 2.58. The highest BCUT2D eigenvalue weighted by Gasteiger charge is 2.37. The number of aromatic nitrogens is 1. The molecule has 0 saturated carbocycles. The van der Waals surface area contributed by atoms with Crippen LogP contribution < -0.4 is 0 Å². The van der Waals surface area contributed by atoms with E-state index in [4.69, 9.17) is 0 Å². The van der Waals surface area contributed by atoms with E-state index in [9.17, 15) is 31.1 Å². The summed E-state index contributed by atoms with van der Waals surface area (Å²) in [4.78, 5) is 15.6. The summed E-state index contributed by atoms with van der Waals surface area (Å²) in [6.07, 6.45) is -7.60. The highest BCUT2D eigenvalue weighted by atomic mass is 19.4. The van der Waals surface area contributed by atoms with E-state index in [1.54, 1.807) is 0 Å². The molecule has 1 aromatic heterocycles. The first kappa shape index (κ1) is 16.0. The maximum absolute atomic E-state index is 12.7. The van der Waals surface area contributed by atoms with Gasteiger partial charge in [0.1, 0.15) is 0 Å². The van der Waals surface area contributed by atoms with Crippen molar-refractivity contribution in [1.29, 1.82) is 0 Å². The monoisotopic (exact) mass is 319 g/mol. The third-order valence-corrected chi connectivity index (χ3v) is 2.77. The molecule has 0 amide bonds. The average Bonchev–Trinajstić information content (AvgIpc) is 2.45. The molecule has 2 rings (SSSR count). The van der Waals surface area contributed by atoms with Crippen LogP contribution in [0.4, 0.5) is 26.3 Å². The molecule has 0 aliphatic carbocycles. The Kier molecular flexibility index (Phi) is 3.95. The molecule has 0 spiro atoms. The molecular formula is C14H7F6NO. The first-order valence-corrected chi connectivity index (χ1v) is 5.83. The van der Waals surface area contributed by atoms with E-state index >= 15 is 0 Å². The van der Waals surface area contributed by atoms with Gasteiger partial charge in [0.25, 0.3) is 0 Å². The molecule has 0 aliphatic rings. The molecule has 0 aliphatic heterocycles. The predicted molar refractivity (Wildman–Crippen MR) is 64.1 cm³/mol. The maximum atomic E-state index is 12.7. The largest absolute Gasteiger partial charge is 0.416 e. The Labute approximate surface area is 120 Å². The van der Waals surface area contributed by atoms with E-state index in [1.807, 2.05) is 0 Å². The van der Waals surface area contributed by atoms with E-state index in [1.165, 1.54) is 18.3 Å². The van der Waals surface area contributed by atoms with Gasteiger partial charge < -0.3 is 0 Å². The fourth-order valence-corrected chi connectivity index (χ4v) is 1.75. The number of benzene rings is 1. The Morgan fingerprint density at radius 1 is 0.864 bits per heavy atom. The van der Waals surface area contributed by atoms with Crippen LogP contribution in [0.25, 0.3) is 0 Å². The van der Waals surface area contributed by atoms with Gasteiger partial charge in [-0.3, -0.25) is 9.78 Å². The summed E-state index contributed by atoms with van der Waals surface area (Å²) in [5.41, 5.74) is -3.87. The number of hydrogen-bond donors (Lipinski definition) is 0.